The maximum absolute atomic E-state index is 5.77. The van der Waals surface area contributed by atoms with Gasteiger partial charge in [-0.05, 0) is 57.2 Å². The van der Waals surface area contributed by atoms with Crippen molar-refractivity contribution in [3.8, 4) is 5.75 Å². The molecule has 0 saturated heterocycles. The Labute approximate surface area is 111 Å². The summed E-state index contributed by atoms with van der Waals surface area (Å²) >= 11 is 6.91. The third kappa shape index (κ3) is 1.95. The van der Waals surface area contributed by atoms with Gasteiger partial charge in [-0.1, -0.05) is 0 Å². The summed E-state index contributed by atoms with van der Waals surface area (Å²) in [5.74, 6) is 0.896. The molecule has 2 aliphatic rings. The van der Waals surface area contributed by atoms with Gasteiger partial charge in [0.1, 0.15) is 4.60 Å². The largest absolute Gasteiger partial charge is 0.488 e. The molecule has 3 nitrogen and oxygen atoms in total. The highest BCUT2D eigenvalue weighted by molar-refractivity contribution is 9.11. The van der Waals surface area contributed by atoms with Crippen LogP contribution in [0.5, 0.6) is 5.75 Å². The van der Waals surface area contributed by atoms with E-state index in [0.29, 0.717) is 6.04 Å². The Balaban J connectivity index is 2.08. The van der Waals surface area contributed by atoms with Crippen LogP contribution in [-0.4, -0.2) is 24.2 Å². The van der Waals surface area contributed by atoms with E-state index in [0.717, 1.165) is 34.5 Å². The molecule has 0 unspecified atom stereocenters. The third-order valence-corrected chi connectivity index (χ3v) is 3.91. The van der Waals surface area contributed by atoms with Crippen molar-refractivity contribution in [3.63, 3.8) is 0 Å². The summed E-state index contributed by atoms with van der Waals surface area (Å²) in [7, 11) is 0. The Hall–Kier alpha value is -0.290. The summed E-state index contributed by atoms with van der Waals surface area (Å²) in [5, 5.41) is 0. The maximum Gasteiger partial charge on any atom is 0.175 e. The summed E-state index contributed by atoms with van der Waals surface area (Å²) in [5.41, 5.74) is 1.17. The van der Waals surface area contributed by atoms with E-state index in [1.54, 1.807) is 0 Å². The van der Waals surface area contributed by atoms with Gasteiger partial charge in [0.2, 0.25) is 0 Å². The fourth-order valence-electron chi connectivity index (χ4n) is 2.10. The average molecular weight is 348 g/mol. The Morgan fingerprint density at radius 2 is 2.19 bits per heavy atom. The lowest BCUT2D eigenvalue weighted by atomic mass is 10.3. The molecule has 1 fully saturated rings. The predicted octanol–water partition coefficient (Wildman–Crippen LogP) is 3.36. The van der Waals surface area contributed by atoms with E-state index in [-0.39, 0.29) is 0 Å². The predicted molar refractivity (Wildman–Crippen MR) is 70.1 cm³/mol. The molecule has 16 heavy (non-hydrogen) atoms. The number of hydrogen-bond acceptors (Lipinski definition) is 3. The Bertz CT molecular complexity index is 421. The second kappa shape index (κ2) is 4.18. The van der Waals surface area contributed by atoms with E-state index in [4.69, 9.17) is 4.74 Å². The van der Waals surface area contributed by atoms with E-state index >= 15 is 0 Å². The van der Waals surface area contributed by atoms with Crippen LogP contribution in [0.1, 0.15) is 19.3 Å². The van der Waals surface area contributed by atoms with Crippen LogP contribution in [0, 0.1) is 0 Å². The van der Waals surface area contributed by atoms with Crippen molar-refractivity contribution >= 4 is 37.5 Å². The molecule has 2 heterocycles. The van der Waals surface area contributed by atoms with Gasteiger partial charge >= 0.3 is 0 Å². The molecule has 0 N–H and O–H groups in total. The normalized spacial score (nSPS) is 20.0. The van der Waals surface area contributed by atoms with E-state index in [1.165, 1.54) is 18.5 Å². The van der Waals surface area contributed by atoms with E-state index < -0.39 is 0 Å². The second-order valence-electron chi connectivity index (χ2n) is 4.21. The topological polar surface area (TPSA) is 25.4 Å². The lowest BCUT2D eigenvalue weighted by Crippen LogP contribution is -2.26. The molecule has 3 rings (SSSR count). The average Bonchev–Trinajstić information content (AvgIpc) is 3.01. The van der Waals surface area contributed by atoms with Gasteiger partial charge in [-0.3, -0.25) is 0 Å². The Morgan fingerprint density at radius 3 is 2.94 bits per heavy atom. The standard InChI is InChI=1S/C11H12Br2N2O/c12-9-6-8-10(11(13)14-9)16-5-1-4-15(8)7-2-3-7/h6-7H,1-5H2. The summed E-state index contributed by atoms with van der Waals surface area (Å²) in [4.78, 5) is 6.78. The van der Waals surface area contributed by atoms with Crippen LogP contribution in [0.15, 0.2) is 15.3 Å². The van der Waals surface area contributed by atoms with Crippen molar-refractivity contribution in [3.05, 3.63) is 15.3 Å². The number of pyridine rings is 1. The Kier molecular flexibility index (Phi) is 2.83. The zero-order chi connectivity index (χ0) is 11.1. The molecular weight excluding hydrogens is 336 g/mol. The molecule has 86 valence electrons. The van der Waals surface area contributed by atoms with Gasteiger partial charge in [-0.2, -0.15) is 0 Å². The van der Waals surface area contributed by atoms with Crippen LogP contribution in [0.2, 0.25) is 0 Å². The maximum atomic E-state index is 5.77. The minimum atomic E-state index is 0.710. The highest BCUT2D eigenvalue weighted by atomic mass is 79.9. The van der Waals surface area contributed by atoms with Crippen LogP contribution in [0.3, 0.4) is 0 Å². The molecule has 0 spiro atoms. The molecule has 0 atom stereocenters. The molecular formula is C11H12Br2N2O. The Morgan fingerprint density at radius 1 is 1.38 bits per heavy atom. The lowest BCUT2D eigenvalue weighted by Gasteiger charge is -2.23. The summed E-state index contributed by atoms with van der Waals surface area (Å²) < 4.78 is 7.42. The van der Waals surface area contributed by atoms with Crippen molar-refractivity contribution in [2.45, 2.75) is 25.3 Å². The number of rotatable bonds is 1. The minimum absolute atomic E-state index is 0.710. The number of hydrogen-bond donors (Lipinski definition) is 0. The van der Waals surface area contributed by atoms with Gasteiger partial charge in [0, 0.05) is 12.6 Å². The van der Waals surface area contributed by atoms with E-state index in [2.05, 4.69) is 47.8 Å². The molecule has 1 aromatic rings. The first-order valence-electron chi connectivity index (χ1n) is 5.51. The summed E-state index contributed by atoms with van der Waals surface area (Å²) in [6, 6.07) is 2.77. The van der Waals surface area contributed by atoms with E-state index in [1.807, 2.05) is 0 Å². The van der Waals surface area contributed by atoms with Crippen LogP contribution < -0.4 is 9.64 Å². The van der Waals surface area contributed by atoms with Crippen molar-refractivity contribution < 1.29 is 4.74 Å². The zero-order valence-electron chi connectivity index (χ0n) is 8.75. The number of fused-ring (bicyclic) bond motifs is 1. The quantitative estimate of drug-likeness (QED) is 0.728. The fraction of sp³-hybridized carbons (Fsp3) is 0.545. The van der Waals surface area contributed by atoms with E-state index in [9.17, 15) is 0 Å². The molecule has 0 bridgehead atoms. The molecule has 5 heteroatoms. The first kappa shape index (κ1) is 10.8. The highest BCUT2D eigenvalue weighted by Crippen LogP contribution is 2.42. The molecule has 1 aromatic heterocycles. The van der Waals surface area contributed by atoms with Crippen molar-refractivity contribution in [1.82, 2.24) is 4.98 Å². The summed E-state index contributed by atoms with van der Waals surface area (Å²) in [6.45, 7) is 1.86. The molecule has 1 saturated carbocycles. The monoisotopic (exact) mass is 346 g/mol. The van der Waals surface area contributed by atoms with Gasteiger partial charge in [0.05, 0.1) is 12.3 Å². The number of anilines is 1. The van der Waals surface area contributed by atoms with Crippen LogP contribution in [0.25, 0.3) is 0 Å². The number of ether oxygens (including phenoxy) is 1. The van der Waals surface area contributed by atoms with Gasteiger partial charge in [0.15, 0.2) is 10.4 Å². The highest BCUT2D eigenvalue weighted by Gasteiger charge is 2.32. The van der Waals surface area contributed by atoms with Crippen LogP contribution in [0.4, 0.5) is 5.69 Å². The number of aromatic nitrogens is 1. The minimum Gasteiger partial charge on any atom is -0.488 e. The molecule has 1 aliphatic carbocycles. The molecule has 1 aliphatic heterocycles. The number of nitrogens with zero attached hydrogens (tertiary/aromatic N) is 2. The second-order valence-corrected chi connectivity index (χ2v) is 5.77. The first-order chi connectivity index (χ1) is 7.75. The van der Waals surface area contributed by atoms with Crippen LogP contribution in [-0.2, 0) is 0 Å². The summed E-state index contributed by atoms with van der Waals surface area (Å²) in [6.07, 6.45) is 3.68. The molecule has 0 amide bonds. The fourth-order valence-corrected chi connectivity index (χ4v) is 3.24. The lowest BCUT2D eigenvalue weighted by molar-refractivity contribution is 0.319. The first-order valence-corrected chi connectivity index (χ1v) is 7.10. The smallest absolute Gasteiger partial charge is 0.175 e. The SMILES string of the molecule is Brc1cc2c(c(Br)n1)OCCCN2C1CC1. The van der Waals surface area contributed by atoms with Gasteiger partial charge in [-0.25, -0.2) is 4.98 Å². The van der Waals surface area contributed by atoms with Gasteiger partial charge < -0.3 is 9.64 Å². The third-order valence-electron chi connectivity index (χ3n) is 2.97. The number of halogens is 2. The van der Waals surface area contributed by atoms with Crippen LogP contribution >= 0.6 is 31.9 Å². The van der Waals surface area contributed by atoms with Crippen molar-refractivity contribution in [2.75, 3.05) is 18.1 Å². The molecule has 0 aromatic carbocycles. The van der Waals surface area contributed by atoms with Gasteiger partial charge in [0.25, 0.3) is 0 Å². The zero-order valence-corrected chi connectivity index (χ0v) is 11.9. The molecule has 0 radical (unpaired) electrons. The van der Waals surface area contributed by atoms with Crippen molar-refractivity contribution in [2.24, 2.45) is 0 Å². The van der Waals surface area contributed by atoms with Crippen molar-refractivity contribution in [1.29, 1.82) is 0 Å². The van der Waals surface area contributed by atoms with Gasteiger partial charge in [-0.15, -0.1) is 0 Å².